The molecular formula is C15H21N3O3S. The van der Waals surface area contributed by atoms with E-state index in [4.69, 9.17) is 0 Å². The lowest BCUT2D eigenvalue weighted by atomic mass is 9.71. The van der Waals surface area contributed by atoms with Gasteiger partial charge in [-0.15, -0.1) is 0 Å². The van der Waals surface area contributed by atoms with Crippen LogP contribution in [0.3, 0.4) is 0 Å². The third kappa shape index (κ3) is 3.01. The van der Waals surface area contributed by atoms with Crippen molar-refractivity contribution < 1.29 is 13.0 Å². The SMILES string of the molecule is CC1CC(NS(=O)(=O)c2cccc3nonc23)CC(C)(C)C1. The van der Waals surface area contributed by atoms with Gasteiger partial charge in [0.2, 0.25) is 10.0 Å². The van der Waals surface area contributed by atoms with E-state index < -0.39 is 10.0 Å². The number of hydrogen-bond donors (Lipinski definition) is 1. The van der Waals surface area contributed by atoms with Crippen molar-refractivity contribution in [1.82, 2.24) is 15.0 Å². The Morgan fingerprint density at radius 1 is 1.27 bits per heavy atom. The molecule has 1 aromatic carbocycles. The number of nitrogens with zero attached hydrogens (tertiary/aromatic N) is 2. The second kappa shape index (κ2) is 5.31. The first-order chi connectivity index (χ1) is 10.3. The van der Waals surface area contributed by atoms with Crippen LogP contribution < -0.4 is 4.72 Å². The molecule has 1 N–H and O–H groups in total. The number of aromatic nitrogens is 2. The van der Waals surface area contributed by atoms with Crippen LogP contribution in [-0.4, -0.2) is 24.8 Å². The molecule has 1 aromatic heterocycles. The largest absolute Gasteiger partial charge is 0.243 e. The van der Waals surface area contributed by atoms with Gasteiger partial charge in [-0.1, -0.05) is 26.8 Å². The summed E-state index contributed by atoms with van der Waals surface area (Å²) in [5, 5.41) is 7.41. The average Bonchev–Trinajstić information content (AvgIpc) is 2.82. The van der Waals surface area contributed by atoms with Crippen molar-refractivity contribution in [1.29, 1.82) is 0 Å². The Bertz CT molecular complexity index is 782. The topological polar surface area (TPSA) is 85.1 Å². The van der Waals surface area contributed by atoms with Crippen molar-refractivity contribution in [3.8, 4) is 0 Å². The summed E-state index contributed by atoms with van der Waals surface area (Å²) in [6.07, 6.45) is 2.81. The minimum atomic E-state index is -3.64. The zero-order valence-corrected chi connectivity index (χ0v) is 13.9. The van der Waals surface area contributed by atoms with Gasteiger partial charge in [-0.2, -0.15) is 0 Å². The maximum atomic E-state index is 12.7. The number of nitrogens with one attached hydrogen (secondary N) is 1. The Balaban J connectivity index is 1.89. The molecule has 120 valence electrons. The Labute approximate surface area is 130 Å². The van der Waals surface area contributed by atoms with Gasteiger partial charge in [-0.05, 0) is 53.0 Å². The van der Waals surface area contributed by atoms with Crippen molar-refractivity contribution in [2.24, 2.45) is 11.3 Å². The van der Waals surface area contributed by atoms with Crippen LogP contribution in [0, 0.1) is 11.3 Å². The fourth-order valence-corrected chi connectivity index (χ4v) is 5.12. The van der Waals surface area contributed by atoms with Gasteiger partial charge < -0.3 is 0 Å². The van der Waals surface area contributed by atoms with E-state index in [0.29, 0.717) is 11.4 Å². The predicted octanol–water partition coefficient (Wildman–Crippen LogP) is 2.72. The molecule has 1 aliphatic carbocycles. The summed E-state index contributed by atoms with van der Waals surface area (Å²) in [5.41, 5.74) is 0.866. The van der Waals surface area contributed by atoms with Crippen LogP contribution >= 0.6 is 0 Å². The molecule has 0 radical (unpaired) electrons. The maximum absolute atomic E-state index is 12.7. The fraction of sp³-hybridized carbons (Fsp3) is 0.600. The number of hydrogen-bond acceptors (Lipinski definition) is 5. The lowest BCUT2D eigenvalue weighted by Crippen LogP contribution is -2.42. The molecule has 6 nitrogen and oxygen atoms in total. The molecule has 2 atom stereocenters. The van der Waals surface area contributed by atoms with Crippen LogP contribution in [0.15, 0.2) is 27.7 Å². The van der Waals surface area contributed by atoms with Gasteiger partial charge in [0.25, 0.3) is 0 Å². The van der Waals surface area contributed by atoms with E-state index in [1.54, 1.807) is 12.1 Å². The molecule has 1 fully saturated rings. The lowest BCUT2D eigenvalue weighted by molar-refractivity contribution is 0.163. The maximum Gasteiger partial charge on any atom is 0.243 e. The van der Waals surface area contributed by atoms with Crippen LogP contribution in [0.25, 0.3) is 11.0 Å². The molecule has 0 aliphatic heterocycles. The van der Waals surface area contributed by atoms with E-state index >= 15 is 0 Å². The summed E-state index contributed by atoms with van der Waals surface area (Å²) in [4.78, 5) is 0.127. The Morgan fingerprint density at radius 3 is 2.77 bits per heavy atom. The molecule has 2 aromatic rings. The van der Waals surface area contributed by atoms with Crippen molar-refractivity contribution in [3.63, 3.8) is 0 Å². The first kappa shape index (κ1) is 15.4. The number of rotatable bonds is 3. The molecule has 7 heteroatoms. The van der Waals surface area contributed by atoms with Gasteiger partial charge in [0, 0.05) is 6.04 Å². The molecule has 1 aliphatic rings. The molecule has 0 spiro atoms. The third-order valence-electron chi connectivity index (χ3n) is 4.25. The van der Waals surface area contributed by atoms with Gasteiger partial charge in [0.1, 0.15) is 10.4 Å². The molecule has 0 amide bonds. The highest BCUT2D eigenvalue weighted by Crippen LogP contribution is 2.39. The van der Waals surface area contributed by atoms with E-state index in [9.17, 15) is 8.42 Å². The number of fused-ring (bicyclic) bond motifs is 1. The highest BCUT2D eigenvalue weighted by molar-refractivity contribution is 7.89. The Hall–Kier alpha value is -1.47. The third-order valence-corrected chi connectivity index (χ3v) is 5.80. The lowest BCUT2D eigenvalue weighted by Gasteiger charge is -2.39. The zero-order valence-electron chi connectivity index (χ0n) is 13.0. The molecule has 0 bridgehead atoms. The quantitative estimate of drug-likeness (QED) is 0.938. The van der Waals surface area contributed by atoms with Crippen LogP contribution in [0.1, 0.15) is 40.0 Å². The minimum absolute atomic E-state index is 0.0566. The Morgan fingerprint density at radius 2 is 2.05 bits per heavy atom. The molecule has 1 saturated carbocycles. The molecule has 3 rings (SSSR count). The monoisotopic (exact) mass is 323 g/mol. The van der Waals surface area contributed by atoms with E-state index in [-0.39, 0.29) is 21.9 Å². The fourth-order valence-electron chi connectivity index (χ4n) is 3.72. The smallest absolute Gasteiger partial charge is 0.243 e. The van der Waals surface area contributed by atoms with Crippen LogP contribution in [-0.2, 0) is 10.0 Å². The van der Waals surface area contributed by atoms with Crippen molar-refractivity contribution in [2.45, 2.75) is 51.0 Å². The van der Waals surface area contributed by atoms with Crippen LogP contribution in [0.2, 0.25) is 0 Å². The van der Waals surface area contributed by atoms with Gasteiger partial charge in [-0.25, -0.2) is 17.8 Å². The van der Waals surface area contributed by atoms with Crippen molar-refractivity contribution in [3.05, 3.63) is 18.2 Å². The molecule has 0 saturated heterocycles. The zero-order chi connectivity index (χ0) is 16.0. The second-order valence-electron chi connectivity index (χ2n) is 7.12. The van der Waals surface area contributed by atoms with Gasteiger partial charge in [0.05, 0.1) is 0 Å². The minimum Gasteiger partial charge on any atom is -0.243 e. The van der Waals surface area contributed by atoms with Gasteiger partial charge >= 0.3 is 0 Å². The van der Waals surface area contributed by atoms with Crippen molar-refractivity contribution >= 4 is 21.1 Å². The van der Waals surface area contributed by atoms with Crippen molar-refractivity contribution in [2.75, 3.05) is 0 Å². The summed E-state index contributed by atoms with van der Waals surface area (Å²) < 4.78 is 32.9. The summed E-state index contributed by atoms with van der Waals surface area (Å²) in [6.45, 7) is 6.54. The van der Waals surface area contributed by atoms with E-state index in [0.717, 1.165) is 19.3 Å². The Kier molecular flexibility index (Phi) is 3.72. The highest BCUT2D eigenvalue weighted by Gasteiger charge is 2.34. The predicted molar refractivity (Wildman–Crippen MR) is 82.7 cm³/mol. The first-order valence-corrected chi connectivity index (χ1v) is 8.99. The number of benzene rings is 1. The van der Waals surface area contributed by atoms with Crippen LogP contribution in [0.5, 0.6) is 0 Å². The molecule has 2 unspecified atom stereocenters. The van der Waals surface area contributed by atoms with Gasteiger partial charge in [0.15, 0.2) is 5.52 Å². The molecular weight excluding hydrogens is 302 g/mol. The molecule has 1 heterocycles. The summed E-state index contributed by atoms with van der Waals surface area (Å²) >= 11 is 0. The van der Waals surface area contributed by atoms with E-state index in [1.807, 2.05) is 0 Å². The number of sulfonamides is 1. The van der Waals surface area contributed by atoms with Gasteiger partial charge in [-0.3, -0.25) is 0 Å². The van der Waals surface area contributed by atoms with Crippen LogP contribution in [0.4, 0.5) is 0 Å². The summed E-state index contributed by atoms with van der Waals surface area (Å²) in [6, 6.07) is 4.80. The highest BCUT2D eigenvalue weighted by atomic mass is 32.2. The van der Waals surface area contributed by atoms with E-state index in [2.05, 4.69) is 40.4 Å². The first-order valence-electron chi connectivity index (χ1n) is 7.50. The summed E-state index contributed by atoms with van der Waals surface area (Å²) in [7, 11) is -3.64. The summed E-state index contributed by atoms with van der Waals surface area (Å²) in [5.74, 6) is 0.501. The standard InChI is InChI=1S/C15H21N3O3S/c1-10-7-11(9-15(2,3)8-10)18-22(19,20)13-6-4-5-12-14(13)17-21-16-12/h4-6,10-11,18H,7-9H2,1-3H3. The normalized spacial score (nSPS) is 25.4. The molecule has 22 heavy (non-hydrogen) atoms. The van der Waals surface area contributed by atoms with E-state index in [1.165, 1.54) is 6.07 Å². The average molecular weight is 323 g/mol. The second-order valence-corrected chi connectivity index (χ2v) is 8.80.